The van der Waals surface area contributed by atoms with Crippen LogP contribution >= 0.6 is 11.6 Å². The Hall–Kier alpha value is -3.18. The van der Waals surface area contributed by atoms with Gasteiger partial charge in [-0.25, -0.2) is 9.78 Å². The van der Waals surface area contributed by atoms with Gasteiger partial charge in [0, 0.05) is 17.4 Å². The number of nitrogens with zero attached hydrogens (tertiary/aromatic N) is 1. The molecule has 0 radical (unpaired) electrons. The topological polar surface area (TPSA) is 68.3 Å². The first-order chi connectivity index (χ1) is 13.0. The lowest BCUT2D eigenvalue weighted by Gasteiger charge is -2.18. The summed E-state index contributed by atoms with van der Waals surface area (Å²) in [5, 5.41) is 3.05. The zero-order chi connectivity index (χ0) is 19.2. The number of hydrogen-bond acceptors (Lipinski definition) is 4. The molecule has 1 atom stereocenters. The zero-order valence-electron chi connectivity index (χ0n) is 14.6. The van der Waals surface area contributed by atoms with Crippen LogP contribution in [0.15, 0.2) is 72.9 Å². The predicted molar refractivity (Wildman–Crippen MR) is 104 cm³/mol. The average molecular weight is 381 g/mol. The van der Waals surface area contributed by atoms with Gasteiger partial charge >= 0.3 is 5.97 Å². The number of hydrogen-bond donors (Lipinski definition) is 1. The van der Waals surface area contributed by atoms with Gasteiger partial charge < -0.3 is 10.1 Å². The van der Waals surface area contributed by atoms with E-state index in [1.807, 2.05) is 25.1 Å². The highest BCUT2D eigenvalue weighted by Crippen LogP contribution is 2.22. The Kier molecular flexibility index (Phi) is 5.84. The van der Waals surface area contributed by atoms with E-state index in [0.29, 0.717) is 11.3 Å². The highest BCUT2D eigenvalue weighted by Gasteiger charge is 2.26. The summed E-state index contributed by atoms with van der Waals surface area (Å²) in [7, 11) is 0. The maximum Gasteiger partial charge on any atom is 0.340 e. The fourth-order valence-electron chi connectivity index (χ4n) is 2.42. The Balaban J connectivity index is 1.82. The van der Waals surface area contributed by atoms with E-state index in [1.165, 1.54) is 18.3 Å². The highest BCUT2D eigenvalue weighted by atomic mass is 35.5. The molecule has 1 heterocycles. The van der Waals surface area contributed by atoms with Gasteiger partial charge in [-0.1, -0.05) is 59.6 Å². The molecule has 136 valence electrons. The van der Waals surface area contributed by atoms with E-state index in [1.54, 1.807) is 36.4 Å². The third kappa shape index (κ3) is 4.92. The number of carbonyl (C=O) groups excluding carboxylic acids is 2. The minimum absolute atomic E-state index is 0.212. The van der Waals surface area contributed by atoms with Crippen molar-refractivity contribution in [2.75, 3.05) is 5.32 Å². The second-order valence-electron chi connectivity index (χ2n) is 5.92. The van der Waals surface area contributed by atoms with Crippen LogP contribution in [0.5, 0.6) is 0 Å². The Bertz CT molecular complexity index is 926. The van der Waals surface area contributed by atoms with E-state index in [9.17, 15) is 9.59 Å². The average Bonchev–Trinajstić information content (AvgIpc) is 2.69. The quantitative estimate of drug-likeness (QED) is 0.519. The van der Waals surface area contributed by atoms with Gasteiger partial charge in [0.1, 0.15) is 5.15 Å². The maximum absolute atomic E-state index is 12.8. The van der Waals surface area contributed by atoms with Gasteiger partial charge in [0.05, 0.1) is 5.56 Å². The molecule has 2 aromatic carbocycles. The molecule has 0 aliphatic carbocycles. The highest BCUT2D eigenvalue weighted by molar-refractivity contribution is 6.29. The van der Waals surface area contributed by atoms with Crippen LogP contribution in [0.4, 0.5) is 5.69 Å². The number of esters is 1. The lowest BCUT2D eigenvalue weighted by molar-refractivity contribution is -0.125. The van der Waals surface area contributed by atoms with Crippen molar-refractivity contribution in [2.45, 2.75) is 13.0 Å². The number of aryl methyl sites for hydroxylation is 1. The summed E-state index contributed by atoms with van der Waals surface area (Å²) in [5.41, 5.74) is 2.48. The number of aromatic nitrogens is 1. The van der Waals surface area contributed by atoms with Gasteiger partial charge in [0.25, 0.3) is 5.91 Å². The molecule has 27 heavy (non-hydrogen) atoms. The second-order valence-corrected chi connectivity index (χ2v) is 6.31. The molecule has 0 saturated heterocycles. The standard InChI is InChI=1S/C21H17ClN2O3/c1-14-7-10-17(11-8-14)24-20(25)19(15-5-3-2-4-6-15)27-21(26)16-9-12-18(22)23-13-16/h2-13,19H,1H3,(H,24,25)/t19-/m0/s1. The molecule has 1 N–H and O–H groups in total. The van der Waals surface area contributed by atoms with E-state index in [2.05, 4.69) is 10.3 Å². The van der Waals surface area contributed by atoms with Crippen molar-refractivity contribution in [3.05, 3.63) is 94.8 Å². The summed E-state index contributed by atoms with van der Waals surface area (Å²) in [4.78, 5) is 29.1. The van der Waals surface area contributed by atoms with Crippen molar-refractivity contribution in [1.29, 1.82) is 0 Å². The lowest BCUT2D eigenvalue weighted by Crippen LogP contribution is -2.26. The first-order valence-corrected chi connectivity index (χ1v) is 8.66. The molecule has 0 bridgehead atoms. The monoisotopic (exact) mass is 380 g/mol. The smallest absolute Gasteiger partial charge is 0.340 e. The minimum atomic E-state index is -1.10. The van der Waals surface area contributed by atoms with Crippen molar-refractivity contribution < 1.29 is 14.3 Å². The molecule has 3 rings (SSSR count). The largest absolute Gasteiger partial charge is 0.444 e. The molecule has 1 amide bonds. The summed E-state index contributed by atoms with van der Waals surface area (Å²) < 4.78 is 5.49. The molecule has 0 aliphatic heterocycles. The van der Waals surface area contributed by atoms with Gasteiger partial charge in [0.15, 0.2) is 0 Å². The normalized spacial score (nSPS) is 11.5. The summed E-state index contributed by atoms with van der Waals surface area (Å²) in [5.74, 6) is -1.10. The first-order valence-electron chi connectivity index (χ1n) is 8.28. The SMILES string of the molecule is Cc1ccc(NC(=O)[C@@H](OC(=O)c2ccc(Cl)nc2)c2ccccc2)cc1. The number of nitrogens with one attached hydrogen (secondary N) is 1. The fourth-order valence-corrected chi connectivity index (χ4v) is 2.53. The van der Waals surface area contributed by atoms with Gasteiger partial charge in [-0.15, -0.1) is 0 Å². The van der Waals surface area contributed by atoms with Crippen LogP contribution in [0.2, 0.25) is 5.15 Å². The van der Waals surface area contributed by atoms with E-state index in [0.717, 1.165) is 5.56 Å². The van der Waals surface area contributed by atoms with Gasteiger partial charge in [-0.2, -0.15) is 0 Å². The first kappa shape index (κ1) is 18.6. The Morgan fingerprint density at radius 2 is 1.70 bits per heavy atom. The number of halogens is 1. The van der Waals surface area contributed by atoms with Gasteiger partial charge in [-0.05, 0) is 31.2 Å². The fraction of sp³-hybridized carbons (Fsp3) is 0.0952. The van der Waals surface area contributed by atoms with Crippen molar-refractivity contribution in [1.82, 2.24) is 4.98 Å². The minimum Gasteiger partial charge on any atom is -0.444 e. The third-order valence-corrected chi connectivity index (χ3v) is 4.07. The van der Waals surface area contributed by atoms with E-state index in [4.69, 9.17) is 16.3 Å². The molecule has 0 fully saturated rings. The van der Waals surface area contributed by atoms with Crippen LogP contribution in [-0.2, 0) is 9.53 Å². The molecule has 1 aromatic heterocycles. The number of rotatable bonds is 5. The lowest BCUT2D eigenvalue weighted by atomic mass is 10.1. The van der Waals surface area contributed by atoms with Crippen molar-refractivity contribution >= 4 is 29.2 Å². The van der Waals surface area contributed by atoms with Crippen LogP contribution in [0.3, 0.4) is 0 Å². The molecule has 6 heteroatoms. The molecule has 0 spiro atoms. The molecular weight excluding hydrogens is 364 g/mol. The number of carbonyl (C=O) groups is 2. The Morgan fingerprint density at radius 1 is 1.00 bits per heavy atom. The van der Waals surface area contributed by atoms with Crippen molar-refractivity contribution in [3.8, 4) is 0 Å². The Labute approximate surface area is 162 Å². The predicted octanol–water partition coefficient (Wildman–Crippen LogP) is 4.58. The third-order valence-electron chi connectivity index (χ3n) is 3.85. The maximum atomic E-state index is 12.8. The summed E-state index contributed by atoms with van der Waals surface area (Å²) >= 11 is 5.74. The Morgan fingerprint density at radius 3 is 2.33 bits per heavy atom. The number of anilines is 1. The summed E-state index contributed by atoms with van der Waals surface area (Å²) in [6, 6.07) is 19.2. The number of ether oxygens (including phenoxy) is 1. The molecule has 0 aliphatic rings. The molecule has 0 unspecified atom stereocenters. The van der Waals surface area contributed by atoms with E-state index in [-0.39, 0.29) is 10.7 Å². The number of benzene rings is 2. The van der Waals surface area contributed by atoms with Crippen LogP contribution in [-0.4, -0.2) is 16.9 Å². The van der Waals surface area contributed by atoms with Crippen LogP contribution < -0.4 is 5.32 Å². The molecular formula is C21H17ClN2O3. The van der Waals surface area contributed by atoms with Crippen molar-refractivity contribution in [2.24, 2.45) is 0 Å². The summed E-state index contributed by atoms with van der Waals surface area (Å²) in [6.07, 6.45) is 0.209. The summed E-state index contributed by atoms with van der Waals surface area (Å²) in [6.45, 7) is 1.96. The van der Waals surface area contributed by atoms with Crippen molar-refractivity contribution in [3.63, 3.8) is 0 Å². The van der Waals surface area contributed by atoms with E-state index >= 15 is 0 Å². The van der Waals surface area contributed by atoms with Crippen LogP contribution in [0.25, 0.3) is 0 Å². The van der Waals surface area contributed by atoms with Crippen LogP contribution in [0.1, 0.15) is 27.6 Å². The number of pyridine rings is 1. The zero-order valence-corrected chi connectivity index (χ0v) is 15.3. The van der Waals surface area contributed by atoms with Crippen LogP contribution in [0, 0.1) is 6.92 Å². The van der Waals surface area contributed by atoms with Gasteiger partial charge in [0.2, 0.25) is 6.10 Å². The second kappa shape index (κ2) is 8.47. The van der Waals surface area contributed by atoms with E-state index < -0.39 is 18.0 Å². The molecule has 3 aromatic rings. The number of amides is 1. The van der Waals surface area contributed by atoms with Gasteiger partial charge in [-0.3, -0.25) is 4.79 Å². The molecule has 0 saturated carbocycles. The molecule has 5 nitrogen and oxygen atoms in total.